The summed E-state index contributed by atoms with van der Waals surface area (Å²) in [5.74, 6) is 7.59. The van der Waals surface area contributed by atoms with E-state index in [9.17, 15) is 0 Å². The van der Waals surface area contributed by atoms with Crippen LogP contribution in [-0.2, 0) is 6.42 Å². The van der Waals surface area contributed by atoms with E-state index < -0.39 is 0 Å². The van der Waals surface area contributed by atoms with E-state index in [1.807, 2.05) is 12.1 Å². The van der Waals surface area contributed by atoms with Crippen LogP contribution in [0.25, 0.3) is 0 Å². The van der Waals surface area contributed by atoms with Crippen molar-refractivity contribution in [3.8, 4) is 5.75 Å². The predicted molar refractivity (Wildman–Crippen MR) is 79.0 cm³/mol. The van der Waals surface area contributed by atoms with Gasteiger partial charge in [-0.25, -0.2) is 0 Å². The van der Waals surface area contributed by atoms with E-state index >= 15 is 0 Å². The van der Waals surface area contributed by atoms with Crippen LogP contribution in [-0.4, -0.2) is 13.2 Å². The van der Waals surface area contributed by atoms with Gasteiger partial charge in [-0.15, -0.1) is 0 Å². The zero-order chi connectivity index (χ0) is 13.5. The molecule has 0 bridgehead atoms. The van der Waals surface area contributed by atoms with Crippen LogP contribution in [0.4, 0.5) is 0 Å². The summed E-state index contributed by atoms with van der Waals surface area (Å²) in [7, 11) is 1.72. The number of benzene rings is 1. The largest absolute Gasteiger partial charge is 0.496 e. The molecule has 3 nitrogen and oxygen atoms in total. The Morgan fingerprint density at radius 3 is 2.74 bits per heavy atom. The van der Waals surface area contributed by atoms with Crippen molar-refractivity contribution in [3.05, 3.63) is 29.8 Å². The van der Waals surface area contributed by atoms with E-state index in [2.05, 4.69) is 17.6 Å². The number of methoxy groups -OCH3 is 1. The summed E-state index contributed by atoms with van der Waals surface area (Å²) in [5.41, 5.74) is 4.21. The van der Waals surface area contributed by atoms with E-state index in [4.69, 9.17) is 10.6 Å². The van der Waals surface area contributed by atoms with Crippen molar-refractivity contribution < 1.29 is 4.74 Å². The van der Waals surface area contributed by atoms with Gasteiger partial charge in [-0.3, -0.25) is 11.3 Å². The molecule has 1 unspecified atom stereocenters. The fraction of sp³-hybridized carbons (Fsp3) is 0.625. The Morgan fingerprint density at radius 2 is 2.05 bits per heavy atom. The van der Waals surface area contributed by atoms with E-state index in [0.717, 1.165) is 24.5 Å². The van der Waals surface area contributed by atoms with E-state index in [0.29, 0.717) is 6.04 Å². The predicted octanol–water partition coefficient (Wildman–Crippen LogP) is 3.04. The molecule has 1 atom stereocenters. The molecule has 1 aromatic rings. The lowest BCUT2D eigenvalue weighted by Crippen LogP contribution is -2.37. The number of rotatable bonds is 7. The van der Waals surface area contributed by atoms with E-state index in [1.165, 1.54) is 37.7 Å². The maximum Gasteiger partial charge on any atom is 0.122 e. The van der Waals surface area contributed by atoms with Gasteiger partial charge in [-0.1, -0.05) is 43.9 Å². The molecule has 1 aliphatic rings. The standard InChI is InChI=1S/C16H26N2O/c1-19-16-9-5-4-8-14(16)12-15(18-17)11-10-13-6-2-3-7-13/h4-5,8-9,13,15,18H,2-3,6-7,10-12,17H2,1H3. The lowest BCUT2D eigenvalue weighted by atomic mass is 9.95. The van der Waals surface area contributed by atoms with Gasteiger partial charge < -0.3 is 4.74 Å². The molecular weight excluding hydrogens is 236 g/mol. The lowest BCUT2D eigenvalue weighted by Gasteiger charge is -2.19. The van der Waals surface area contributed by atoms with Crippen molar-refractivity contribution in [2.45, 2.75) is 51.0 Å². The van der Waals surface area contributed by atoms with Crippen molar-refractivity contribution >= 4 is 0 Å². The number of nitrogens with one attached hydrogen (secondary N) is 1. The average molecular weight is 262 g/mol. The fourth-order valence-electron chi connectivity index (χ4n) is 3.12. The lowest BCUT2D eigenvalue weighted by molar-refractivity contribution is 0.388. The van der Waals surface area contributed by atoms with Crippen LogP contribution in [0, 0.1) is 5.92 Å². The Morgan fingerprint density at radius 1 is 1.32 bits per heavy atom. The quantitative estimate of drug-likeness (QED) is 0.586. The summed E-state index contributed by atoms with van der Waals surface area (Å²) in [6.07, 6.45) is 9.03. The van der Waals surface area contributed by atoms with Crippen molar-refractivity contribution in [3.63, 3.8) is 0 Å². The monoisotopic (exact) mass is 262 g/mol. The summed E-state index contributed by atoms with van der Waals surface area (Å²) in [5, 5.41) is 0. The molecule has 0 heterocycles. The molecule has 3 heteroatoms. The van der Waals surface area contributed by atoms with Gasteiger partial charge in [0.2, 0.25) is 0 Å². The minimum atomic E-state index is 0.344. The highest BCUT2D eigenvalue weighted by molar-refractivity contribution is 5.33. The second kappa shape index (κ2) is 7.51. The van der Waals surface area contributed by atoms with Crippen LogP contribution < -0.4 is 16.0 Å². The summed E-state index contributed by atoms with van der Waals surface area (Å²) in [4.78, 5) is 0. The van der Waals surface area contributed by atoms with Gasteiger partial charge in [0.1, 0.15) is 5.75 Å². The molecular formula is C16H26N2O. The number of para-hydroxylation sites is 1. The fourth-order valence-corrected chi connectivity index (χ4v) is 3.12. The first-order valence-corrected chi connectivity index (χ1v) is 7.41. The zero-order valence-electron chi connectivity index (χ0n) is 11.9. The van der Waals surface area contributed by atoms with Gasteiger partial charge in [0, 0.05) is 6.04 Å². The van der Waals surface area contributed by atoms with E-state index in [-0.39, 0.29) is 0 Å². The van der Waals surface area contributed by atoms with E-state index in [1.54, 1.807) is 7.11 Å². The SMILES string of the molecule is COc1ccccc1CC(CCC1CCCC1)NN. The van der Waals surface area contributed by atoms with Gasteiger partial charge in [0.15, 0.2) is 0 Å². The second-order valence-electron chi connectivity index (χ2n) is 5.61. The Labute approximate surface area is 116 Å². The minimum absolute atomic E-state index is 0.344. The molecule has 1 aliphatic carbocycles. The Kier molecular flexibility index (Phi) is 5.67. The normalized spacial score (nSPS) is 17.6. The Hall–Kier alpha value is -1.06. The van der Waals surface area contributed by atoms with Crippen molar-refractivity contribution in [2.75, 3.05) is 7.11 Å². The molecule has 0 aliphatic heterocycles. The summed E-state index contributed by atoms with van der Waals surface area (Å²) < 4.78 is 5.40. The van der Waals surface area contributed by atoms with Crippen molar-refractivity contribution in [1.82, 2.24) is 5.43 Å². The zero-order valence-corrected chi connectivity index (χ0v) is 11.9. The average Bonchev–Trinajstić information content (AvgIpc) is 2.97. The van der Waals surface area contributed by atoms with Gasteiger partial charge in [0.05, 0.1) is 7.11 Å². The first kappa shape index (κ1) is 14.4. The molecule has 0 spiro atoms. The molecule has 0 aromatic heterocycles. The number of nitrogens with two attached hydrogens (primary N) is 1. The third-order valence-corrected chi connectivity index (χ3v) is 4.29. The first-order chi connectivity index (χ1) is 9.33. The molecule has 0 radical (unpaired) electrons. The van der Waals surface area contributed by atoms with Crippen LogP contribution in [0.2, 0.25) is 0 Å². The molecule has 19 heavy (non-hydrogen) atoms. The molecule has 0 saturated heterocycles. The minimum Gasteiger partial charge on any atom is -0.496 e. The highest BCUT2D eigenvalue weighted by Gasteiger charge is 2.17. The molecule has 3 N–H and O–H groups in total. The third-order valence-electron chi connectivity index (χ3n) is 4.29. The molecule has 2 rings (SSSR count). The van der Waals surface area contributed by atoms with Gasteiger partial charge in [0.25, 0.3) is 0 Å². The number of hydrogen-bond acceptors (Lipinski definition) is 3. The Bertz CT molecular complexity index is 375. The number of hydrogen-bond donors (Lipinski definition) is 2. The highest BCUT2D eigenvalue weighted by atomic mass is 16.5. The maximum absolute atomic E-state index is 5.71. The van der Waals surface area contributed by atoms with Crippen LogP contribution in [0.15, 0.2) is 24.3 Å². The smallest absolute Gasteiger partial charge is 0.122 e. The summed E-state index contributed by atoms with van der Waals surface area (Å²) in [6, 6.07) is 8.55. The van der Waals surface area contributed by atoms with Crippen LogP contribution in [0.1, 0.15) is 44.1 Å². The maximum atomic E-state index is 5.71. The molecule has 106 valence electrons. The third kappa shape index (κ3) is 4.22. The topological polar surface area (TPSA) is 47.3 Å². The van der Waals surface area contributed by atoms with Gasteiger partial charge in [-0.2, -0.15) is 0 Å². The van der Waals surface area contributed by atoms with Crippen LogP contribution >= 0.6 is 0 Å². The molecule has 0 amide bonds. The van der Waals surface area contributed by atoms with Crippen LogP contribution in [0.5, 0.6) is 5.75 Å². The second-order valence-corrected chi connectivity index (χ2v) is 5.61. The summed E-state index contributed by atoms with van der Waals surface area (Å²) in [6.45, 7) is 0. The number of hydrazine groups is 1. The molecule has 1 fully saturated rings. The molecule has 1 saturated carbocycles. The van der Waals surface area contributed by atoms with Gasteiger partial charge in [-0.05, 0) is 36.8 Å². The Balaban J connectivity index is 1.86. The first-order valence-electron chi connectivity index (χ1n) is 7.41. The number of ether oxygens (including phenoxy) is 1. The van der Waals surface area contributed by atoms with Crippen molar-refractivity contribution in [1.29, 1.82) is 0 Å². The van der Waals surface area contributed by atoms with Crippen molar-refractivity contribution in [2.24, 2.45) is 11.8 Å². The molecule has 1 aromatic carbocycles. The van der Waals surface area contributed by atoms with Crippen LogP contribution in [0.3, 0.4) is 0 Å². The van der Waals surface area contributed by atoms with Gasteiger partial charge >= 0.3 is 0 Å². The summed E-state index contributed by atoms with van der Waals surface area (Å²) >= 11 is 0. The highest BCUT2D eigenvalue weighted by Crippen LogP contribution is 2.29.